The van der Waals surface area contributed by atoms with Crippen LogP contribution in [0.5, 0.6) is 0 Å². The number of nitrogens with zero attached hydrogens (tertiary/aromatic N) is 4. The maximum atomic E-state index is 8.78. The highest BCUT2D eigenvalue weighted by Crippen LogP contribution is 2.14. The van der Waals surface area contributed by atoms with Crippen LogP contribution in [-0.2, 0) is 4.74 Å². The molecule has 0 unspecified atom stereocenters. The lowest BCUT2D eigenvalue weighted by atomic mass is 10.4. The molecule has 1 saturated heterocycles. The monoisotopic (exact) mass is 268 g/mol. The standard InChI is InChI=1S/C11H20N6O2/c1-12-9-14-10(13-3-2-6-18)16-11(15-9)17-4-7-19-8-5-17/h18H,2-8H2,1H3,(H2,12,13,14,15,16). The molecule has 0 atom stereocenters. The Labute approximate surface area is 112 Å². The highest BCUT2D eigenvalue weighted by atomic mass is 16.5. The quantitative estimate of drug-likeness (QED) is 0.597. The Bertz CT molecular complexity index is 397. The molecule has 0 radical (unpaired) electrons. The topological polar surface area (TPSA) is 95.4 Å². The van der Waals surface area contributed by atoms with Crippen LogP contribution in [0.3, 0.4) is 0 Å². The summed E-state index contributed by atoms with van der Waals surface area (Å²) >= 11 is 0. The minimum atomic E-state index is 0.146. The Hall–Kier alpha value is -1.67. The van der Waals surface area contributed by atoms with Crippen LogP contribution in [-0.4, -0.2) is 66.6 Å². The summed E-state index contributed by atoms with van der Waals surface area (Å²) < 4.78 is 5.32. The van der Waals surface area contributed by atoms with Crippen molar-refractivity contribution in [2.24, 2.45) is 0 Å². The molecule has 2 rings (SSSR count). The van der Waals surface area contributed by atoms with Crippen LogP contribution in [0.25, 0.3) is 0 Å². The Kier molecular flexibility index (Phi) is 5.10. The zero-order valence-electron chi connectivity index (χ0n) is 11.1. The molecular weight excluding hydrogens is 248 g/mol. The van der Waals surface area contributed by atoms with Gasteiger partial charge in [0.05, 0.1) is 13.2 Å². The largest absolute Gasteiger partial charge is 0.396 e. The minimum Gasteiger partial charge on any atom is -0.396 e. The number of hydrogen-bond donors (Lipinski definition) is 3. The lowest BCUT2D eigenvalue weighted by molar-refractivity contribution is 0.122. The van der Waals surface area contributed by atoms with Gasteiger partial charge >= 0.3 is 0 Å². The van der Waals surface area contributed by atoms with Gasteiger partial charge in [-0.1, -0.05) is 0 Å². The van der Waals surface area contributed by atoms with Crippen LogP contribution in [0, 0.1) is 0 Å². The molecule has 0 aliphatic carbocycles. The van der Waals surface area contributed by atoms with E-state index in [0.29, 0.717) is 44.0 Å². The number of aliphatic hydroxyl groups is 1. The number of morpholine rings is 1. The number of ether oxygens (including phenoxy) is 1. The first-order valence-electron chi connectivity index (χ1n) is 6.44. The summed E-state index contributed by atoms with van der Waals surface area (Å²) in [5.74, 6) is 1.70. The highest BCUT2D eigenvalue weighted by molar-refractivity contribution is 5.43. The van der Waals surface area contributed by atoms with E-state index in [2.05, 4.69) is 30.5 Å². The zero-order chi connectivity index (χ0) is 13.5. The molecule has 8 heteroatoms. The Morgan fingerprint density at radius 3 is 2.63 bits per heavy atom. The van der Waals surface area contributed by atoms with Crippen molar-refractivity contribution in [3.05, 3.63) is 0 Å². The molecule has 1 aromatic rings. The van der Waals surface area contributed by atoms with Crippen LogP contribution in [0.2, 0.25) is 0 Å². The number of anilines is 3. The van der Waals surface area contributed by atoms with Gasteiger partial charge in [0, 0.05) is 33.3 Å². The molecule has 0 amide bonds. The van der Waals surface area contributed by atoms with Crippen LogP contribution in [0.4, 0.5) is 17.8 Å². The number of hydrogen-bond acceptors (Lipinski definition) is 8. The van der Waals surface area contributed by atoms with Crippen molar-refractivity contribution >= 4 is 17.8 Å². The third-order valence-corrected chi connectivity index (χ3v) is 2.76. The van der Waals surface area contributed by atoms with Gasteiger partial charge in [0.2, 0.25) is 17.8 Å². The van der Waals surface area contributed by atoms with Gasteiger partial charge in [0.15, 0.2) is 0 Å². The van der Waals surface area contributed by atoms with Crippen molar-refractivity contribution in [1.29, 1.82) is 0 Å². The fourth-order valence-corrected chi connectivity index (χ4v) is 1.74. The van der Waals surface area contributed by atoms with E-state index in [4.69, 9.17) is 9.84 Å². The molecule has 2 heterocycles. The van der Waals surface area contributed by atoms with Gasteiger partial charge in [-0.15, -0.1) is 0 Å². The summed E-state index contributed by atoms with van der Waals surface area (Å²) in [7, 11) is 1.77. The molecule has 19 heavy (non-hydrogen) atoms. The van der Waals surface area contributed by atoms with E-state index in [1.54, 1.807) is 7.05 Å². The lowest BCUT2D eigenvalue weighted by Gasteiger charge is -2.27. The van der Waals surface area contributed by atoms with E-state index in [1.165, 1.54) is 0 Å². The average molecular weight is 268 g/mol. The highest BCUT2D eigenvalue weighted by Gasteiger charge is 2.16. The van der Waals surface area contributed by atoms with Gasteiger partial charge < -0.3 is 25.4 Å². The fraction of sp³-hybridized carbons (Fsp3) is 0.727. The maximum Gasteiger partial charge on any atom is 0.232 e. The number of aromatic nitrogens is 3. The normalized spacial score (nSPS) is 15.4. The van der Waals surface area contributed by atoms with Gasteiger partial charge in [0.1, 0.15) is 0 Å². The molecule has 0 aromatic carbocycles. The number of nitrogens with one attached hydrogen (secondary N) is 2. The first-order valence-corrected chi connectivity index (χ1v) is 6.44. The molecule has 106 valence electrons. The van der Waals surface area contributed by atoms with Crippen LogP contribution in [0.1, 0.15) is 6.42 Å². The molecule has 0 spiro atoms. The second-order valence-corrected chi connectivity index (χ2v) is 4.14. The van der Waals surface area contributed by atoms with Crippen molar-refractivity contribution in [1.82, 2.24) is 15.0 Å². The summed E-state index contributed by atoms with van der Waals surface area (Å²) in [4.78, 5) is 15.1. The first kappa shape index (κ1) is 13.8. The van der Waals surface area contributed by atoms with E-state index in [9.17, 15) is 0 Å². The third kappa shape index (κ3) is 3.90. The zero-order valence-corrected chi connectivity index (χ0v) is 11.1. The first-order chi connectivity index (χ1) is 9.33. The predicted molar refractivity (Wildman–Crippen MR) is 72.6 cm³/mol. The summed E-state index contributed by atoms with van der Waals surface area (Å²) in [6, 6.07) is 0. The Morgan fingerprint density at radius 1 is 1.21 bits per heavy atom. The molecule has 0 saturated carbocycles. The van der Waals surface area contributed by atoms with Gasteiger partial charge in [0.25, 0.3) is 0 Å². The molecule has 0 bridgehead atoms. The molecule has 1 aliphatic rings. The molecular formula is C11H20N6O2. The van der Waals surface area contributed by atoms with Crippen molar-refractivity contribution in [2.75, 3.05) is 62.0 Å². The minimum absolute atomic E-state index is 0.146. The van der Waals surface area contributed by atoms with Crippen LogP contribution in [0.15, 0.2) is 0 Å². The maximum absolute atomic E-state index is 8.78. The summed E-state index contributed by atoms with van der Waals surface area (Å²) in [6.45, 7) is 3.72. The second kappa shape index (κ2) is 7.05. The fourth-order valence-electron chi connectivity index (χ4n) is 1.74. The SMILES string of the molecule is CNc1nc(NCCCO)nc(N2CCOCC2)n1. The third-order valence-electron chi connectivity index (χ3n) is 2.76. The van der Waals surface area contributed by atoms with E-state index < -0.39 is 0 Å². The van der Waals surface area contributed by atoms with Gasteiger partial charge in [-0.05, 0) is 6.42 Å². The van der Waals surface area contributed by atoms with Gasteiger partial charge in [-0.25, -0.2) is 0 Å². The summed E-state index contributed by atoms with van der Waals surface area (Å²) in [5, 5.41) is 14.8. The van der Waals surface area contributed by atoms with E-state index in [-0.39, 0.29) is 6.61 Å². The predicted octanol–water partition coefficient (Wildman–Crippen LogP) is -0.456. The Morgan fingerprint density at radius 2 is 1.95 bits per heavy atom. The van der Waals surface area contributed by atoms with Gasteiger partial charge in [-0.3, -0.25) is 0 Å². The summed E-state index contributed by atoms with van der Waals surface area (Å²) in [5.41, 5.74) is 0. The molecule has 1 aliphatic heterocycles. The van der Waals surface area contributed by atoms with Crippen LogP contribution >= 0.6 is 0 Å². The lowest BCUT2D eigenvalue weighted by Crippen LogP contribution is -2.37. The van der Waals surface area contributed by atoms with Gasteiger partial charge in [-0.2, -0.15) is 15.0 Å². The van der Waals surface area contributed by atoms with E-state index >= 15 is 0 Å². The molecule has 3 N–H and O–H groups in total. The van der Waals surface area contributed by atoms with E-state index in [1.807, 2.05) is 0 Å². The van der Waals surface area contributed by atoms with Crippen molar-refractivity contribution in [3.8, 4) is 0 Å². The van der Waals surface area contributed by atoms with E-state index in [0.717, 1.165) is 13.1 Å². The average Bonchev–Trinajstić information content (AvgIpc) is 2.48. The Balaban J connectivity index is 2.10. The molecule has 8 nitrogen and oxygen atoms in total. The number of rotatable bonds is 6. The summed E-state index contributed by atoms with van der Waals surface area (Å²) in [6.07, 6.45) is 0.660. The van der Waals surface area contributed by atoms with Crippen molar-refractivity contribution < 1.29 is 9.84 Å². The van der Waals surface area contributed by atoms with Crippen molar-refractivity contribution in [2.45, 2.75) is 6.42 Å². The molecule has 1 fully saturated rings. The smallest absolute Gasteiger partial charge is 0.232 e. The second-order valence-electron chi connectivity index (χ2n) is 4.14. The number of aliphatic hydroxyl groups excluding tert-OH is 1. The molecule has 1 aromatic heterocycles. The van der Waals surface area contributed by atoms with Crippen LogP contribution < -0.4 is 15.5 Å². The van der Waals surface area contributed by atoms with Crippen molar-refractivity contribution in [3.63, 3.8) is 0 Å².